The molecule has 1 amide bonds. The van der Waals surface area contributed by atoms with E-state index in [9.17, 15) is 4.79 Å². The maximum absolute atomic E-state index is 11.9. The first-order valence-corrected chi connectivity index (χ1v) is 5.09. The molecule has 0 bridgehead atoms. The van der Waals surface area contributed by atoms with Crippen LogP contribution >= 0.6 is 0 Å². The quantitative estimate of drug-likeness (QED) is 0.626. The highest BCUT2D eigenvalue weighted by Crippen LogP contribution is 2.16. The van der Waals surface area contributed by atoms with Gasteiger partial charge in [0.05, 0.1) is 19.1 Å². The number of carbonyl (C=O) groups is 1. The number of nitrogens with zero attached hydrogens (tertiary/aromatic N) is 1. The van der Waals surface area contributed by atoms with Gasteiger partial charge in [-0.1, -0.05) is 5.92 Å². The van der Waals surface area contributed by atoms with Crippen LogP contribution in [0.4, 0.5) is 0 Å². The molecule has 0 aromatic carbocycles. The molecule has 1 heterocycles. The molecule has 14 heavy (non-hydrogen) atoms. The molecular weight excluding hydrogens is 178 g/mol. The first-order valence-electron chi connectivity index (χ1n) is 5.09. The second-order valence-corrected chi connectivity index (χ2v) is 3.47. The number of carbonyl (C=O) groups excluding carboxylic acids is 1. The molecule has 0 saturated carbocycles. The lowest BCUT2D eigenvalue weighted by molar-refractivity contribution is -0.138. The molecule has 0 N–H and O–H groups in total. The maximum Gasteiger partial charge on any atom is 0.228 e. The van der Waals surface area contributed by atoms with Crippen LogP contribution in [0.2, 0.25) is 0 Å². The van der Waals surface area contributed by atoms with Gasteiger partial charge in [-0.25, -0.2) is 0 Å². The number of rotatable bonds is 3. The minimum atomic E-state index is 0.0250. The average molecular weight is 195 g/mol. The Morgan fingerprint density at radius 3 is 3.00 bits per heavy atom. The van der Waals surface area contributed by atoms with E-state index in [0.29, 0.717) is 19.7 Å². The summed E-state index contributed by atoms with van der Waals surface area (Å²) < 4.78 is 5.28. The van der Waals surface area contributed by atoms with Crippen molar-refractivity contribution in [2.45, 2.75) is 19.8 Å². The predicted octanol–water partition coefficient (Wildman–Crippen LogP) is 0.895. The Kier molecular flexibility index (Phi) is 4.48. The third-order valence-electron chi connectivity index (χ3n) is 2.49. The number of terminal acetylenes is 1. The van der Waals surface area contributed by atoms with Gasteiger partial charge in [-0.2, -0.15) is 0 Å². The maximum atomic E-state index is 11.9. The monoisotopic (exact) mass is 195 g/mol. The minimum absolute atomic E-state index is 0.0250. The van der Waals surface area contributed by atoms with E-state index in [1.165, 1.54) is 0 Å². The van der Waals surface area contributed by atoms with Crippen molar-refractivity contribution in [3.63, 3.8) is 0 Å². The normalized spacial score (nSPS) is 21.3. The summed E-state index contributed by atoms with van der Waals surface area (Å²) >= 11 is 0. The topological polar surface area (TPSA) is 29.5 Å². The summed E-state index contributed by atoms with van der Waals surface area (Å²) in [6.07, 6.45) is 7.10. The Hall–Kier alpha value is -1.01. The van der Waals surface area contributed by atoms with Crippen molar-refractivity contribution in [1.29, 1.82) is 0 Å². The molecule has 0 aromatic heterocycles. The highest BCUT2D eigenvalue weighted by Gasteiger charge is 2.25. The number of ether oxygens (including phenoxy) is 1. The molecule has 1 aliphatic rings. The molecule has 1 aliphatic heterocycles. The van der Waals surface area contributed by atoms with Gasteiger partial charge >= 0.3 is 0 Å². The molecule has 1 saturated heterocycles. The van der Waals surface area contributed by atoms with Crippen LogP contribution in [-0.4, -0.2) is 37.1 Å². The van der Waals surface area contributed by atoms with E-state index in [1.54, 1.807) is 4.90 Å². The van der Waals surface area contributed by atoms with Crippen LogP contribution in [0.25, 0.3) is 0 Å². The second kappa shape index (κ2) is 5.66. The summed E-state index contributed by atoms with van der Waals surface area (Å²) in [7, 11) is 0. The van der Waals surface area contributed by atoms with Crippen molar-refractivity contribution in [3.05, 3.63) is 0 Å². The zero-order valence-electron chi connectivity index (χ0n) is 8.66. The van der Waals surface area contributed by atoms with Crippen LogP contribution in [0.5, 0.6) is 0 Å². The van der Waals surface area contributed by atoms with Gasteiger partial charge < -0.3 is 9.64 Å². The zero-order valence-corrected chi connectivity index (χ0v) is 8.66. The van der Waals surface area contributed by atoms with Crippen molar-refractivity contribution < 1.29 is 9.53 Å². The van der Waals surface area contributed by atoms with E-state index in [4.69, 9.17) is 11.2 Å². The van der Waals surface area contributed by atoms with E-state index in [1.807, 2.05) is 6.92 Å². The SMILES string of the molecule is C#CCN(CC)C(=O)C1CCCOC1. The molecule has 3 heteroatoms. The smallest absolute Gasteiger partial charge is 0.228 e. The van der Waals surface area contributed by atoms with Crippen LogP contribution in [0, 0.1) is 18.3 Å². The molecule has 1 unspecified atom stereocenters. The second-order valence-electron chi connectivity index (χ2n) is 3.47. The third-order valence-corrected chi connectivity index (χ3v) is 2.49. The summed E-state index contributed by atoms with van der Waals surface area (Å²) in [5, 5.41) is 0. The molecule has 3 nitrogen and oxygen atoms in total. The summed E-state index contributed by atoms with van der Waals surface area (Å²) in [5.41, 5.74) is 0. The van der Waals surface area contributed by atoms with Crippen LogP contribution < -0.4 is 0 Å². The summed E-state index contributed by atoms with van der Waals surface area (Å²) in [6, 6.07) is 0. The van der Waals surface area contributed by atoms with Crippen LogP contribution in [0.1, 0.15) is 19.8 Å². The first-order chi connectivity index (χ1) is 6.79. The zero-order chi connectivity index (χ0) is 10.4. The standard InChI is InChI=1S/C11H17NO2/c1-3-7-12(4-2)11(13)10-6-5-8-14-9-10/h1,10H,4-9H2,2H3. The van der Waals surface area contributed by atoms with Gasteiger partial charge in [0.15, 0.2) is 0 Å². The molecule has 0 aliphatic carbocycles. The fraction of sp³-hybridized carbons (Fsp3) is 0.727. The Balaban J connectivity index is 2.48. The largest absolute Gasteiger partial charge is 0.381 e. The molecule has 1 atom stereocenters. The molecule has 1 fully saturated rings. The first kappa shape index (κ1) is 11.1. The van der Waals surface area contributed by atoms with E-state index in [-0.39, 0.29) is 11.8 Å². The van der Waals surface area contributed by atoms with E-state index >= 15 is 0 Å². The number of hydrogen-bond donors (Lipinski definition) is 0. The van der Waals surface area contributed by atoms with Crippen molar-refractivity contribution in [2.24, 2.45) is 5.92 Å². The van der Waals surface area contributed by atoms with Crippen LogP contribution in [0.15, 0.2) is 0 Å². The lowest BCUT2D eigenvalue weighted by atomic mass is 10.0. The van der Waals surface area contributed by atoms with Crippen molar-refractivity contribution in [3.8, 4) is 12.3 Å². The van der Waals surface area contributed by atoms with E-state index < -0.39 is 0 Å². The van der Waals surface area contributed by atoms with Crippen LogP contribution in [0.3, 0.4) is 0 Å². The molecule has 78 valence electrons. The van der Waals surface area contributed by atoms with Gasteiger partial charge in [-0.05, 0) is 19.8 Å². The van der Waals surface area contributed by atoms with Gasteiger partial charge in [-0.3, -0.25) is 4.79 Å². The Morgan fingerprint density at radius 1 is 1.71 bits per heavy atom. The average Bonchev–Trinajstić information content (AvgIpc) is 2.26. The molecule has 0 spiro atoms. The van der Waals surface area contributed by atoms with E-state index in [2.05, 4.69) is 5.92 Å². The van der Waals surface area contributed by atoms with E-state index in [0.717, 1.165) is 19.4 Å². The predicted molar refractivity (Wildman–Crippen MR) is 54.6 cm³/mol. The number of hydrogen-bond acceptors (Lipinski definition) is 2. The van der Waals surface area contributed by atoms with Crippen molar-refractivity contribution in [2.75, 3.05) is 26.3 Å². The molecule has 0 aromatic rings. The van der Waals surface area contributed by atoms with Gasteiger partial charge in [0.2, 0.25) is 5.91 Å². The summed E-state index contributed by atoms with van der Waals surface area (Å²) in [5.74, 6) is 2.67. The summed E-state index contributed by atoms with van der Waals surface area (Å²) in [6.45, 7) is 4.37. The van der Waals surface area contributed by atoms with Gasteiger partial charge in [0.1, 0.15) is 0 Å². The highest BCUT2D eigenvalue weighted by atomic mass is 16.5. The lowest BCUT2D eigenvalue weighted by Gasteiger charge is -2.27. The Labute approximate surface area is 85.4 Å². The third kappa shape index (κ3) is 2.74. The number of amides is 1. The Morgan fingerprint density at radius 2 is 2.50 bits per heavy atom. The van der Waals surface area contributed by atoms with Crippen molar-refractivity contribution in [1.82, 2.24) is 4.90 Å². The van der Waals surface area contributed by atoms with Crippen molar-refractivity contribution >= 4 is 5.91 Å². The Bertz CT molecular complexity index is 226. The molecule has 0 radical (unpaired) electrons. The van der Waals surface area contributed by atoms with Gasteiger partial charge in [-0.15, -0.1) is 6.42 Å². The minimum Gasteiger partial charge on any atom is -0.381 e. The molecular formula is C11H17NO2. The fourth-order valence-corrected chi connectivity index (χ4v) is 1.65. The van der Waals surface area contributed by atoms with Gasteiger partial charge in [0.25, 0.3) is 0 Å². The summed E-state index contributed by atoms with van der Waals surface area (Å²) in [4.78, 5) is 13.6. The van der Waals surface area contributed by atoms with Gasteiger partial charge in [0, 0.05) is 13.2 Å². The molecule has 1 rings (SSSR count). The highest BCUT2D eigenvalue weighted by molar-refractivity contribution is 5.79. The fourth-order valence-electron chi connectivity index (χ4n) is 1.65. The lowest BCUT2D eigenvalue weighted by Crippen LogP contribution is -2.39. The van der Waals surface area contributed by atoms with Crippen LogP contribution in [-0.2, 0) is 9.53 Å².